The Balaban J connectivity index is 2.45. The van der Waals surface area contributed by atoms with Crippen molar-refractivity contribution in [2.24, 2.45) is 0 Å². The van der Waals surface area contributed by atoms with E-state index in [1.165, 1.54) is 6.20 Å². The van der Waals surface area contributed by atoms with Crippen molar-refractivity contribution in [1.82, 2.24) is 9.88 Å². The zero-order chi connectivity index (χ0) is 13.2. The Bertz CT molecular complexity index is 317. The third kappa shape index (κ3) is 5.95. The Morgan fingerprint density at radius 1 is 1.17 bits per heavy atom. The predicted molar refractivity (Wildman–Crippen MR) is 69.5 cm³/mol. The first-order valence-corrected chi connectivity index (χ1v) is 6.10. The van der Waals surface area contributed by atoms with Gasteiger partial charge in [0, 0.05) is 40.5 Å². The summed E-state index contributed by atoms with van der Waals surface area (Å²) >= 11 is 0. The molecule has 0 saturated heterocycles. The molecule has 1 aromatic rings. The van der Waals surface area contributed by atoms with Gasteiger partial charge in [-0.15, -0.1) is 0 Å². The van der Waals surface area contributed by atoms with E-state index >= 15 is 0 Å². The second-order valence-corrected chi connectivity index (χ2v) is 4.12. The standard InChI is InChI=1S/C13H22N2O3/c1-17-8-3-6-15(7-9-18-2)11-12-4-5-13(16)10-14-12/h4-5,10,16H,3,6-9,11H2,1-2H3. The minimum Gasteiger partial charge on any atom is -0.506 e. The van der Waals surface area contributed by atoms with E-state index < -0.39 is 0 Å². The highest BCUT2D eigenvalue weighted by Gasteiger charge is 2.06. The van der Waals surface area contributed by atoms with E-state index in [1.807, 2.05) is 6.07 Å². The van der Waals surface area contributed by atoms with Gasteiger partial charge in [0.1, 0.15) is 5.75 Å². The average Bonchev–Trinajstić information content (AvgIpc) is 2.38. The molecule has 0 spiro atoms. The molecule has 102 valence electrons. The number of pyridine rings is 1. The predicted octanol–water partition coefficient (Wildman–Crippen LogP) is 1.27. The topological polar surface area (TPSA) is 54.8 Å². The van der Waals surface area contributed by atoms with Crippen LogP contribution in [0.3, 0.4) is 0 Å². The van der Waals surface area contributed by atoms with Gasteiger partial charge in [-0.2, -0.15) is 0 Å². The van der Waals surface area contributed by atoms with Crippen LogP contribution >= 0.6 is 0 Å². The number of aromatic hydroxyl groups is 1. The van der Waals surface area contributed by atoms with Crippen molar-refractivity contribution in [2.75, 3.05) is 40.5 Å². The molecule has 1 aromatic heterocycles. The van der Waals surface area contributed by atoms with Crippen molar-refractivity contribution in [3.63, 3.8) is 0 Å². The van der Waals surface area contributed by atoms with E-state index in [9.17, 15) is 5.11 Å². The minimum absolute atomic E-state index is 0.196. The van der Waals surface area contributed by atoms with Crippen molar-refractivity contribution in [3.8, 4) is 5.75 Å². The molecule has 0 aromatic carbocycles. The maximum absolute atomic E-state index is 9.19. The summed E-state index contributed by atoms with van der Waals surface area (Å²) in [4.78, 5) is 6.46. The Morgan fingerprint density at radius 3 is 2.56 bits per heavy atom. The van der Waals surface area contributed by atoms with Crippen molar-refractivity contribution in [2.45, 2.75) is 13.0 Å². The molecular formula is C13H22N2O3. The molecule has 5 heteroatoms. The maximum Gasteiger partial charge on any atom is 0.133 e. The van der Waals surface area contributed by atoms with Crippen LogP contribution in [-0.2, 0) is 16.0 Å². The molecule has 5 nitrogen and oxygen atoms in total. The van der Waals surface area contributed by atoms with Gasteiger partial charge in [0.15, 0.2) is 0 Å². The molecule has 1 N–H and O–H groups in total. The quantitative estimate of drug-likeness (QED) is 0.673. The molecule has 0 aliphatic carbocycles. The second-order valence-electron chi connectivity index (χ2n) is 4.12. The van der Waals surface area contributed by atoms with Gasteiger partial charge in [0.05, 0.1) is 18.5 Å². The van der Waals surface area contributed by atoms with Crippen LogP contribution in [-0.4, -0.2) is 55.5 Å². The first kappa shape index (κ1) is 14.9. The average molecular weight is 254 g/mol. The van der Waals surface area contributed by atoms with Gasteiger partial charge < -0.3 is 14.6 Å². The van der Waals surface area contributed by atoms with Crippen molar-refractivity contribution < 1.29 is 14.6 Å². The van der Waals surface area contributed by atoms with Gasteiger partial charge in [-0.1, -0.05) is 0 Å². The lowest BCUT2D eigenvalue weighted by Crippen LogP contribution is -2.29. The lowest BCUT2D eigenvalue weighted by molar-refractivity contribution is 0.128. The van der Waals surface area contributed by atoms with Crippen LogP contribution in [0.4, 0.5) is 0 Å². The normalized spacial score (nSPS) is 11.1. The number of nitrogens with zero attached hydrogens (tertiary/aromatic N) is 2. The van der Waals surface area contributed by atoms with Crippen LogP contribution in [0.25, 0.3) is 0 Å². The second kappa shape index (κ2) is 8.85. The third-order valence-electron chi connectivity index (χ3n) is 2.63. The molecule has 0 aliphatic rings. The smallest absolute Gasteiger partial charge is 0.133 e. The fraction of sp³-hybridized carbons (Fsp3) is 0.615. The Morgan fingerprint density at radius 2 is 1.94 bits per heavy atom. The number of rotatable bonds is 9. The molecule has 0 saturated carbocycles. The van der Waals surface area contributed by atoms with E-state index in [4.69, 9.17) is 9.47 Å². The van der Waals surface area contributed by atoms with Crippen molar-refractivity contribution in [3.05, 3.63) is 24.0 Å². The van der Waals surface area contributed by atoms with Crippen LogP contribution in [0.1, 0.15) is 12.1 Å². The number of methoxy groups -OCH3 is 2. The molecule has 1 rings (SSSR count). The summed E-state index contributed by atoms with van der Waals surface area (Å²) in [5, 5.41) is 9.19. The number of ether oxygens (including phenoxy) is 2. The number of hydrogen-bond acceptors (Lipinski definition) is 5. The number of aromatic nitrogens is 1. The largest absolute Gasteiger partial charge is 0.506 e. The summed E-state index contributed by atoms with van der Waals surface area (Å²) in [5.74, 6) is 0.196. The summed E-state index contributed by atoms with van der Waals surface area (Å²) in [5.41, 5.74) is 0.946. The summed E-state index contributed by atoms with van der Waals surface area (Å²) in [6.07, 6.45) is 2.46. The van der Waals surface area contributed by atoms with E-state index in [0.717, 1.165) is 38.4 Å². The Labute approximate surface area is 108 Å². The summed E-state index contributed by atoms with van der Waals surface area (Å²) in [6.45, 7) is 4.02. The van der Waals surface area contributed by atoms with Gasteiger partial charge in [-0.05, 0) is 18.6 Å². The van der Waals surface area contributed by atoms with Crippen LogP contribution in [0, 0.1) is 0 Å². The summed E-state index contributed by atoms with van der Waals surface area (Å²) in [6, 6.07) is 3.50. The third-order valence-corrected chi connectivity index (χ3v) is 2.63. The summed E-state index contributed by atoms with van der Waals surface area (Å²) in [7, 11) is 3.41. The van der Waals surface area contributed by atoms with E-state index in [-0.39, 0.29) is 5.75 Å². The first-order chi connectivity index (χ1) is 8.76. The molecule has 1 heterocycles. The number of hydrogen-bond donors (Lipinski definition) is 1. The van der Waals surface area contributed by atoms with Crippen LogP contribution in [0.2, 0.25) is 0 Å². The Kier molecular flexibility index (Phi) is 7.32. The monoisotopic (exact) mass is 254 g/mol. The van der Waals surface area contributed by atoms with Gasteiger partial charge >= 0.3 is 0 Å². The molecule has 0 atom stereocenters. The lowest BCUT2D eigenvalue weighted by atomic mass is 10.3. The molecule has 0 aliphatic heterocycles. The van der Waals surface area contributed by atoms with E-state index in [0.29, 0.717) is 6.61 Å². The highest BCUT2D eigenvalue weighted by Crippen LogP contribution is 2.08. The van der Waals surface area contributed by atoms with Gasteiger partial charge in [-0.3, -0.25) is 9.88 Å². The molecule has 0 fully saturated rings. The van der Waals surface area contributed by atoms with Gasteiger partial charge in [0.2, 0.25) is 0 Å². The highest BCUT2D eigenvalue weighted by atomic mass is 16.5. The van der Waals surface area contributed by atoms with Crippen molar-refractivity contribution in [1.29, 1.82) is 0 Å². The molecule has 18 heavy (non-hydrogen) atoms. The zero-order valence-electron chi connectivity index (χ0n) is 11.1. The minimum atomic E-state index is 0.196. The maximum atomic E-state index is 9.19. The van der Waals surface area contributed by atoms with E-state index in [1.54, 1.807) is 20.3 Å². The fourth-order valence-electron chi connectivity index (χ4n) is 1.66. The molecule has 0 unspecified atom stereocenters. The van der Waals surface area contributed by atoms with Crippen molar-refractivity contribution >= 4 is 0 Å². The van der Waals surface area contributed by atoms with Gasteiger partial charge in [0.25, 0.3) is 0 Å². The van der Waals surface area contributed by atoms with Crippen LogP contribution in [0.5, 0.6) is 5.75 Å². The highest BCUT2D eigenvalue weighted by molar-refractivity contribution is 5.17. The molecule has 0 amide bonds. The SMILES string of the molecule is COCCCN(CCOC)Cc1ccc(O)cn1. The fourth-order valence-corrected chi connectivity index (χ4v) is 1.66. The zero-order valence-corrected chi connectivity index (χ0v) is 11.1. The molecule has 0 radical (unpaired) electrons. The summed E-state index contributed by atoms with van der Waals surface area (Å²) < 4.78 is 10.2. The molecular weight excluding hydrogens is 232 g/mol. The van der Waals surface area contributed by atoms with Gasteiger partial charge in [-0.25, -0.2) is 0 Å². The van der Waals surface area contributed by atoms with Crippen LogP contribution in [0.15, 0.2) is 18.3 Å². The molecule has 0 bridgehead atoms. The van der Waals surface area contributed by atoms with E-state index in [2.05, 4.69) is 9.88 Å². The lowest BCUT2D eigenvalue weighted by Gasteiger charge is -2.21. The van der Waals surface area contributed by atoms with Crippen LogP contribution < -0.4 is 0 Å². The Hall–Kier alpha value is -1.17. The first-order valence-electron chi connectivity index (χ1n) is 6.10.